The van der Waals surface area contributed by atoms with Crippen LogP contribution in [0.25, 0.3) is 0 Å². The van der Waals surface area contributed by atoms with Gasteiger partial charge in [-0.15, -0.1) is 0 Å². The molecule has 0 N–H and O–H groups in total. The molecule has 196 valence electrons. The summed E-state index contributed by atoms with van der Waals surface area (Å²) in [7, 11) is 0.478. The van der Waals surface area contributed by atoms with E-state index in [0.717, 1.165) is 5.75 Å². The van der Waals surface area contributed by atoms with E-state index >= 15 is 0 Å². The zero-order chi connectivity index (χ0) is 24.5. The molecule has 0 aromatic heterocycles. The van der Waals surface area contributed by atoms with Gasteiger partial charge in [0.1, 0.15) is 17.3 Å². The lowest BCUT2D eigenvalue weighted by atomic mass is 10.1. The molecule has 1 rings (SSSR count). The predicted molar refractivity (Wildman–Crippen MR) is 164 cm³/mol. The van der Waals surface area contributed by atoms with E-state index in [1.807, 2.05) is 0 Å². The Kier molecular flexibility index (Phi) is 22.7. The molecular weight excluding hydrogens is 448 g/mol. The maximum atomic E-state index is 5.86. The monoisotopic (exact) mass is 505 g/mol. The molecular formula is C32H57S2+. The third-order valence-corrected chi connectivity index (χ3v) is 10.00. The van der Waals surface area contributed by atoms with E-state index in [4.69, 9.17) is 12.2 Å². The molecule has 0 fully saturated rings. The lowest BCUT2D eigenvalue weighted by molar-refractivity contribution is 0.561. The molecule has 0 spiro atoms. The summed E-state index contributed by atoms with van der Waals surface area (Å²) in [6, 6.07) is 10.8. The van der Waals surface area contributed by atoms with Crippen molar-refractivity contribution < 1.29 is 0 Å². The van der Waals surface area contributed by atoms with Gasteiger partial charge in [0.15, 0.2) is 0 Å². The van der Waals surface area contributed by atoms with E-state index < -0.39 is 0 Å². The smallest absolute Gasteiger partial charge is 0.0791 e. The van der Waals surface area contributed by atoms with E-state index in [-0.39, 0.29) is 0 Å². The van der Waals surface area contributed by atoms with Gasteiger partial charge in [-0.2, -0.15) is 0 Å². The Labute approximate surface area is 222 Å². The third-order valence-electron chi connectivity index (χ3n) is 7.00. The minimum Gasteiger partial charge on any atom is -0.0791 e. The van der Waals surface area contributed by atoms with Gasteiger partial charge in [-0.1, -0.05) is 159 Å². The first-order chi connectivity index (χ1) is 16.8. The molecule has 0 atom stereocenters. The molecule has 0 unspecified atom stereocenters. The number of benzene rings is 1. The highest BCUT2D eigenvalue weighted by molar-refractivity contribution is 7.98. The van der Waals surface area contributed by atoms with Crippen LogP contribution >= 0.6 is 12.2 Å². The van der Waals surface area contributed by atoms with Gasteiger partial charge in [-0.05, 0) is 42.1 Å². The van der Waals surface area contributed by atoms with E-state index in [0.29, 0.717) is 10.9 Å². The highest BCUT2D eigenvalue weighted by Gasteiger charge is 2.20. The van der Waals surface area contributed by atoms with E-state index in [2.05, 4.69) is 44.2 Å². The van der Waals surface area contributed by atoms with Gasteiger partial charge in [-0.3, -0.25) is 0 Å². The Balaban J connectivity index is 2.21. The SMILES string of the molecule is CCCCCCCCCCCC[S+](CCCCCCCCCCCC)CC(=S)c1ccccc1. The molecule has 0 heterocycles. The number of rotatable bonds is 25. The average molecular weight is 506 g/mol. The normalized spacial score (nSPS) is 11.4. The summed E-state index contributed by atoms with van der Waals surface area (Å²) in [6.45, 7) is 4.61. The molecule has 2 heteroatoms. The van der Waals surface area contributed by atoms with Crippen LogP contribution in [0.1, 0.15) is 148 Å². The second-order valence-corrected chi connectivity index (χ2v) is 13.1. The fourth-order valence-corrected chi connectivity index (χ4v) is 7.62. The van der Waals surface area contributed by atoms with Crippen molar-refractivity contribution in [3.05, 3.63) is 35.9 Å². The van der Waals surface area contributed by atoms with Crippen molar-refractivity contribution in [2.75, 3.05) is 17.3 Å². The van der Waals surface area contributed by atoms with Crippen molar-refractivity contribution in [1.29, 1.82) is 0 Å². The van der Waals surface area contributed by atoms with Gasteiger partial charge in [0, 0.05) is 0 Å². The van der Waals surface area contributed by atoms with Crippen LogP contribution in [0.5, 0.6) is 0 Å². The standard InChI is InChI=1S/C32H57S2/c1-3-5-7-9-11-13-15-17-19-24-28-34(30-32(33)31-26-22-21-23-27-31)29-25-20-18-16-14-12-10-8-6-4-2/h21-23,26-27H,3-20,24-25,28-30H2,1-2H3/q+1. The van der Waals surface area contributed by atoms with Crippen molar-refractivity contribution in [2.45, 2.75) is 142 Å². The summed E-state index contributed by atoms with van der Waals surface area (Å²) in [5, 5.41) is 0. The first-order valence-electron chi connectivity index (χ1n) is 15.0. The molecule has 0 nitrogen and oxygen atoms in total. The third kappa shape index (κ3) is 18.9. The summed E-state index contributed by atoms with van der Waals surface area (Å²) in [6.07, 6.45) is 28.6. The lowest BCUT2D eigenvalue weighted by Gasteiger charge is -2.11. The van der Waals surface area contributed by atoms with Crippen LogP contribution in [0.3, 0.4) is 0 Å². The topological polar surface area (TPSA) is 0 Å². The Morgan fingerprint density at radius 1 is 0.529 bits per heavy atom. The molecule has 1 aromatic rings. The van der Waals surface area contributed by atoms with Gasteiger partial charge in [0.25, 0.3) is 0 Å². The minimum absolute atomic E-state index is 0.478. The number of thiocarbonyl (C=S) groups is 1. The van der Waals surface area contributed by atoms with Crippen LogP contribution in [0.2, 0.25) is 0 Å². The Bertz CT molecular complexity index is 529. The van der Waals surface area contributed by atoms with Crippen molar-refractivity contribution in [3.8, 4) is 0 Å². The molecule has 0 saturated carbocycles. The second kappa shape index (κ2) is 24.4. The van der Waals surface area contributed by atoms with Gasteiger partial charge < -0.3 is 0 Å². The van der Waals surface area contributed by atoms with Crippen LogP contribution in [0.4, 0.5) is 0 Å². The lowest BCUT2D eigenvalue weighted by Crippen LogP contribution is -2.22. The molecule has 0 aliphatic carbocycles. The fourth-order valence-electron chi connectivity index (χ4n) is 4.73. The first-order valence-corrected chi connectivity index (χ1v) is 17.1. The van der Waals surface area contributed by atoms with Crippen LogP contribution in [0.15, 0.2) is 30.3 Å². The van der Waals surface area contributed by atoms with E-state index in [9.17, 15) is 0 Å². The van der Waals surface area contributed by atoms with Crippen LogP contribution in [0, 0.1) is 0 Å². The largest absolute Gasteiger partial charge is 0.143 e. The highest BCUT2D eigenvalue weighted by Crippen LogP contribution is 2.16. The summed E-state index contributed by atoms with van der Waals surface area (Å²) >= 11 is 5.86. The van der Waals surface area contributed by atoms with E-state index in [1.54, 1.807) is 0 Å². The van der Waals surface area contributed by atoms with Gasteiger partial charge in [0.05, 0.1) is 4.86 Å². The van der Waals surface area contributed by atoms with Crippen molar-refractivity contribution in [2.24, 2.45) is 0 Å². The Hall–Kier alpha value is -0.340. The van der Waals surface area contributed by atoms with Crippen molar-refractivity contribution in [3.63, 3.8) is 0 Å². The number of hydrogen-bond donors (Lipinski definition) is 0. The highest BCUT2D eigenvalue weighted by atomic mass is 32.2. The molecule has 0 aliphatic rings. The first kappa shape index (κ1) is 31.7. The Morgan fingerprint density at radius 2 is 0.882 bits per heavy atom. The van der Waals surface area contributed by atoms with Crippen molar-refractivity contribution >= 4 is 28.0 Å². The summed E-state index contributed by atoms with van der Waals surface area (Å²) < 4.78 is 0. The zero-order valence-corrected chi connectivity index (χ0v) is 24.6. The maximum absolute atomic E-state index is 5.86. The van der Waals surface area contributed by atoms with Crippen LogP contribution in [-0.4, -0.2) is 22.1 Å². The molecule has 0 bridgehead atoms. The Morgan fingerprint density at radius 3 is 1.26 bits per heavy atom. The van der Waals surface area contributed by atoms with E-state index in [1.165, 1.54) is 150 Å². The zero-order valence-electron chi connectivity index (χ0n) is 23.0. The minimum atomic E-state index is 0.478. The van der Waals surface area contributed by atoms with Gasteiger partial charge in [0.2, 0.25) is 0 Å². The average Bonchev–Trinajstić information content (AvgIpc) is 2.86. The number of hydrogen-bond acceptors (Lipinski definition) is 1. The summed E-state index contributed by atoms with van der Waals surface area (Å²) in [5.41, 5.74) is 1.28. The molecule has 0 radical (unpaired) electrons. The molecule has 34 heavy (non-hydrogen) atoms. The molecule has 0 aliphatic heterocycles. The molecule has 0 saturated heterocycles. The van der Waals surface area contributed by atoms with Crippen LogP contribution in [-0.2, 0) is 10.9 Å². The quantitative estimate of drug-likeness (QED) is 0.0551. The molecule has 0 amide bonds. The van der Waals surface area contributed by atoms with Gasteiger partial charge in [-0.25, -0.2) is 0 Å². The van der Waals surface area contributed by atoms with Gasteiger partial charge >= 0.3 is 0 Å². The number of unbranched alkanes of at least 4 members (excludes halogenated alkanes) is 18. The summed E-state index contributed by atoms with van der Waals surface area (Å²) in [5.74, 6) is 3.95. The second-order valence-electron chi connectivity index (χ2n) is 10.3. The summed E-state index contributed by atoms with van der Waals surface area (Å²) in [4.78, 5) is 1.20. The van der Waals surface area contributed by atoms with Crippen molar-refractivity contribution in [1.82, 2.24) is 0 Å². The predicted octanol–water partition coefficient (Wildman–Crippen LogP) is 10.9. The van der Waals surface area contributed by atoms with Crippen LogP contribution < -0.4 is 0 Å². The molecule has 1 aromatic carbocycles. The fraction of sp³-hybridized carbons (Fsp3) is 0.781. The maximum Gasteiger partial charge on any atom is 0.143 e.